The van der Waals surface area contributed by atoms with E-state index in [9.17, 15) is 22.8 Å². The van der Waals surface area contributed by atoms with Crippen LogP contribution in [0.1, 0.15) is 43.5 Å². The number of carbonyl (C=O) groups is 2. The molecule has 1 aliphatic heterocycles. The summed E-state index contributed by atoms with van der Waals surface area (Å²) in [5.74, 6) is -4.32. The van der Waals surface area contributed by atoms with Crippen molar-refractivity contribution in [2.24, 2.45) is 11.8 Å². The van der Waals surface area contributed by atoms with E-state index in [1.807, 2.05) is 13.8 Å². The molecule has 2 rings (SSSR count). The van der Waals surface area contributed by atoms with Crippen LogP contribution in [-0.4, -0.2) is 29.7 Å². The van der Waals surface area contributed by atoms with Crippen molar-refractivity contribution in [1.29, 1.82) is 0 Å². The van der Waals surface area contributed by atoms with E-state index in [4.69, 9.17) is 0 Å². The highest BCUT2D eigenvalue weighted by molar-refractivity contribution is 5.98. The Morgan fingerprint density at radius 3 is 2.13 bits per heavy atom. The largest absolute Gasteiger partial charge is 0.343 e. The molecule has 23 heavy (non-hydrogen) atoms. The molecule has 0 unspecified atom stereocenters. The minimum absolute atomic E-state index is 0.0324. The first kappa shape index (κ1) is 17.5. The summed E-state index contributed by atoms with van der Waals surface area (Å²) in [6.07, 6.45) is 1.16. The van der Waals surface area contributed by atoms with Gasteiger partial charge in [0.25, 0.3) is 0 Å². The lowest BCUT2D eigenvalue weighted by atomic mass is 9.88. The van der Waals surface area contributed by atoms with Gasteiger partial charge in [0.2, 0.25) is 5.91 Å². The van der Waals surface area contributed by atoms with Gasteiger partial charge in [-0.3, -0.25) is 9.59 Å². The van der Waals surface area contributed by atoms with Crippen LogP contribution in [0.4, 0.5) is 13.2 Å². The van der Waals surface area contributed by atoms with E-state index >= 15 is 0 Å². The molecule has 0 aliphatic carbocycles. The molecule has 1 heterocycles. The molecule has 3 nitrogen and oxygen atoms in total. The van der Waals surface area contributed by atoms with Gasteiger partial charge < -0.3 is 4.90 Å². The number of ketones is 1. The number of nitrogens with zero attached hydrogens (tertiary/aromatic N) is 1. The summed E-state index contributed by atoms with van der Waals surface area (Å²) in [7, 11) is 0. The van der Waals surface area contributed by atoms with E-state index in [-0.39, 0.29) is 11.8 Å². The highest BCUT2D eigenvalue weighted by Gasteiger charge is 2.31. The Morgan fingerprint density at radius 2 is 1.65 bits per heavy atom. The molecular weight excluding hydrogens is 307 g/mol. The van der Waals surface area contributed by atoms with Crippen LogP contribution in [0.15, 0.2) is 12.1 Å². The van der Waals surface area contributed by atoms with Gasteiger partial charge in [0.1, 0.15) is 17.5 Å². The highest BCUT2D eigenvalue weighted by Crippen LogP contribution is 2.26. The fourth-order valence-corrected chi connectivity index (χ4v) is 2.85. The number of rotatable bonds is 4. The SMILES string of the molecule is CC(C)CC(=O)N1CCC(C(=O)c2c(F)cc(F)cc2F)CC1. The predicted molar refractivity (Wildman–Crippen MR) is 79.4 cm³/mol. The summed E-state index contributed by atoms with van der Waals surface area (Å²) in [4.78, 5) is 26.0. The smallest absolute Gasteiger partial charge is 0.222 e. The van der Waals surface area contributed by atoms with Crippen molar-refractivity contribution in [1.82, 2.24) is 4.90 Å². The van der Waals surface area contributed by atoms with Crippen LogP contribution in [0.5, 0.6) is 0 Å². The molecule has 0 spiro atoms. The van der Waals surface area contributed by atoms with Gasteiger partial charge in [-0.1, -0.05) is 13.8 Å². The highest BCUT2D eigenvalue weighted by atomic mass is 19.1. The first-order valence-electron chi connectivity index (χ1n) is 7.76. The van der Waals surface area contributed by atoms with Crippen LogP contribution < -0.4 is 0 Å². The third kappa shape index (κ3) is 4.12. The molecule has 0 N–H and O–H groups in total. The summed E-state index contributed by atoms with van der Waals surface area (Å²) in [5.41, 5.74) is -0.682. The molecule has 6 heteroatoms. The molecule has 1 fully saturated rings. The van der Waals surface area contributed by atoms with Crippen molar-refractivity contribution < 1.29 is 22.8 Å². The Kier molecular flexibility index (Phi) is 5.44. The molecule has 0 bridgehead atoms. The Labute approximate surface area is 133 Å². The van der Waals surface area contributed by atoms with Gasteiger partial charge in [0, 0.05) is 37.6 Å². The fraction of sp³-hybridized carbons (Fsp3) is 0.529. The van der Waals surface area contributed by atoms with Crippen LogP contribution in [-0.2, 0) is 4.79 Å². The molecule has 0 saturated carbocycles. The average Bonchev–Trinajstić information content (AvgIpc) is 2.45. The molecule has 126 valence electrons. The number of hydrogen-bond donors (Lipinski definition) is 0. The van der Waals surface area contributed by atoms with Crippen molar-refractivity contribution in [3.63, 3.8) is 0 Å². The average molecular weight is 327 g/mol. The lowest BCUT2D eigenvalue weighted by molar-refractivity contribution is -0.133. The lowest BCUT2D eigenvalue weighted by Gasteiger charge is -2.32. The van der Waals surface area contributed by atoms with Crippen molar-refractivity contribution in [3.05, 3.63) is 35.1 Å². The van der Waals surface area contributed by atoms with E-state index in [1.54, 1.807) is 4.90 Å². The first-order valence-corrected chi connectivity index (χ1v) is 7.76. The molecule has 1 aromatic carbocycles. The van der Waals surface area contributed by atoms with Gasteiger partial charge in [0.15, 0.2) is 5.78 Å². The number of likely N-dealkylation sites (tertiary alicyclic amines) is 1. The maximum absolute atomic E-state index is 13.7. The second kappa shape index (κ2) is 7.15. The van der Waals surface area contributed by atoms with E-state index in [2.05, 4.69) is 0 Å². The number of carbonyl (C=O) groups excluding carboxylic acids is 2. The Balaban J connectivity index is 2.03. The number of amides is 1. The molecule has 1 aliphatic rings. The maximum Gasteiger partial charge on any atom is 0.222 e. The summed E-state index contributed by atoms with van der Waals surface area (Å²) in [5, 5.41) is 0. The zero-order chi connectivity index (χ0) is 17.1. The number of benzene rings is 1. The fourth-order valence-electron chi connectivity index (χ4n) is 2.85. The van der Waals surface area contributed by atoms with Crippen LogP contribution in [0.3, 0.4) is 0 Å². The number of piperidine rings is 1. The van der Waals surface area contributed by atoms with Crippen LogP contribution >= 0.6 is 0 Å². The van der Waals surface area contributed by atoms with Crippen molar-refractivity contribution in [2.75, 3.05) is 13.1 Å². The maximum atomic E-state index is 13.7. The monoisotopic (exact) mass is 327 g/mol. The van der Waals surface area contributed by atoms with Crippen LogP contribution in [0, 0.1) is 29.3 Å². The minimum Gasteiger partial charge on any atom is -0.343 e. The van der Waals surface area contributed by atoms with Crippen LogP contribution in [0.25, 0.3) is 0 Å². The van der Waals surface area contributed by atoms with Crippen molar-refractivity contribution >= 4 is 11.7 Å². The van der Waals surface area contributed by atoms with Gasteiger partial charge in [-0.25, -0.2) is 13.2 Å². The third-order valence-electron chi connectivity index (χ3n) is 4.05. The van der Waals surface area contributed by atoms with Crippen molar-refractivity contribution in [2.45, 2.75) is 33.1 Å². The van der Waals surface area contributed by atoms with Gasteiger partial charge in [-0.15, -0.1) is 0 Å². The Bertz CT molecular complexity index is 585. The summed E-state index contributed by atoms with van der Waals surface area (Å²) < 4.78 is 40.3. The van der Waals surface area contributed by atoms with Gasteiger partial charge in [-0.2, -0.15) is 0 Å². The Hall–Kier alpha value is -1.85. The zero-order valence-corrected chi connectivity index (χ0v) is 13.2. The molecule has 0 radical (unpaired) electrons. The predicted octanol–water partition coefficient (Wildman–Crippen LogP) is 3.57. The van der Waals surface area contributed by atoms with Crippen molar-refractivity contribution in [3.8, 4) is 0 Å². The van der Waals surface area contributed by atoms with Gasteiger partial charge in [-0.05, 0) is 18.8 Å². The molecule has 1 aromatic rings. The normalized spacial score (nSPS) is 16.0. The molecule has 0 atom stereocenters. The second-order valence-corrected chi connectivity index (χ2v) is 6.36. The molecule has 1 saturated heterocycles. The summed E-state index contributed by atoms with van der Waals surface area (Å²) in [6.45, 7) is 4.70. The number of hydrogen-bond acceptors (Lipinski definition) is 2. The van der Waals surface area contributed by atoms with Gasteiger partial charge >= 0.3 is 0 Å². The zero-order valence-electron chi connectivity index (χ0n) is 13.2. The van der Waals surface area contributed by atoms with E-state index in [0.29, 0.717) is 44.5 Å². The lowest BCUT2D eigenvalue weighted by Crippen LogP contribution is -2.40. The van der Waals surface area contributed by atoms with E-state index in [0.717, 1.165) is 0 Å². The summed E-state index contributed by atoms with van der Waals surface area (Å²) >= 11 is 0. The third-order valence-corrected chi connectivity index (χ3v) is 4.05. The standard InChI is InChI=1S/C17H20F3NO2/c1-10(2)7-15(22)21-5-3-11(4-6-21)17(23)16-13(19)8-12(18)9-14(16)20/h8-11H,3-7H2,1-2H3. The van der Waals surface area contributed by atoms with E-state index in [1.165, 1.54) is 0 Å². The Morgan fingerprint density at radius 1 is 1.13 bits per heavy atom. The molecule has 0 aromatic heterocycles. The quantitative estimate of drug-likeness (QED) is 0.793. The number of Topliss-reactive ketones (excluding diaryl/α,β-unsaturated/α-hetero) is 1. The first-order chi connectivity index (χ1) is 10.8. The minimum atomic E-state index is -1.18. The molecule has 1 amide bonds. The van der Waals surface area contributed by atoms with Gasteiger partial charge in [0.05, 0.1) is 5.56 Å². The van der Waals surface area contributed by atoms with E-state index < -0.39 is 34.7 Å². The number of halogens is 3. The second-order valence-electron chi connectivity index (χ2n) is 6.36. The van der Waals surface area contributed by atoms with Crippen LogP contribution in [0.2, 0.25) is 0 Å². The molecular formula is C17H20F3NO2. The summed E-state index contributed by atoms with van der Waals surface area (Å²) in [6, 6.07) is 1.02. The topological polar surface area (TPSA) is 37.4 Å².